The van der Waals surface area contributed by atoms with E-state index in [1.165, 1.54) is 0 Å². The van der Waals surface area contributed by atoms with Gasteiger partial charge >= 0.3 is 5.97 Å². The van der Waals surface area contributed by atoms with Gasteiger partial charge in [-0.15, -0.1) is 0 Å². The second-order valence-electron chi connectivity index (χ2n) is 3.27. The van der Waals surface area contributed by atoms with Crippen molar-refractivity contribution < 1.29 is 9.90 Å². The van der Waals surface area contributed by atoms with Gasteiger partial charge in [0.2, 0.25) is 0 Å². The molecule has 0 saturated carbocycles. The first-order valence-electron chi connectivity index (χ1n) is 4.75. The number of hydrogen-bond donors (Lipinski definition) is 1. The Balaban J connectivity index is 2.59. The van der Waals surface area contributed by atoms with Gasteiger partial charge in [0.15, 0.2) is 0 Å². The Labute approximate surface area is 86.4 Å². The Bertz CT molecular complexity index is 492. The highest BCUT2D eigenvalue weighted by Crippen LogP contribution is 2.21. The molecule has 2 aromatic heterocycles. The van der Waals surface area contributed by atoms with E-state index in [0.717, 1.165) is 5.52 Å². The molecule has 2 rings (SSSR count). The van der Waals surface area contributed by atoms with Crippen LogP contribution in [-0.2, 0) is 4.79 Å². The fraction of sp³-hybridized carbons (Fsp3) is 0.300. The van der Waals surface area contributed by atoms with E-state index in [0.29, 0.717) is 12.1 Å². The quantitative estimate of drug-likeness (QED) is 0.820. The fourth-order valence-electron chi connectivity index (χ4n) is 1.63. The molecule has 0 aliphatic carbocycles. The smallest absolute Gasteiger partial charge is 0.312 e. The maximum atomic E-state index is 11.0. The topological polar surface area (TPSA) is 67.5 Å². The van der Waals surface area contributed by atoms with Crippen molar-refractivity contribution in [3.05, 3.63) is 30.4 Å². The standard InChI is InChI=1S/C10H11N3O2/c1-2-7(10(14)15)9-8-3-4-12-13(8)6-5-11-9/h3-7H,2H2,1H3,(H,14,15). The highest BCUT2D eigenvalue weighted by atomic mass is 16.4. The molecule has 0 saturated heterocycles. The lowest BCUT2D eigenvalue weighted by Crippen LogP contribution is -2.13. The maximum Gasteiger partial charge on any atom is 0.312 e. The molecule has 0 aromatic carbocycles. The van der Waals surface area contributed by atoms with Gasteiger partial charge in [0, 0.05) is 12.4 Å². The van der Waals surface area contributed by atoms with Gasteiger partial charge in [0.1, 0.15) is 5.92 Å². The normalized spacial score (nSPS) is 12.9. The molecular formula is C10H11N3O2. The van der Waals surface area contributed by atoms with Crippen LogP contribution in [0, 0.1) is 0 Å². The predicted octanol–water partition coefficient (Wildman–Crippen LogP) is 1.31. The summed E-state index contributed by atoms with van der Waals surface area (Å²) in [5.41, 5.74) is 1.33. The number of carbonyl (C=O) groups is 1. The first-order valence-corrected chi connectivity index (χ1v) is 4.75. The Morgan fingerprint density at radius 2 is 2.40 bits per heavy atom. The number of aromatic nitrogens is 3. The summed E-state index contributed by atoms with van der Waals surface area (Å²) in [5, 5.41) is 13.1. The van der Waals surface area contributed by atoms with E-state index >= 15 is 0 Å². The molecule has 0 fully saturated rings. The van der Waals surface area contributed by atoms with Gasteiger partial charge in [-0.25, -0.2) is 4.52 Å². The molecule has 15 heavy (non-hydrogen) atoms. The van der Waals surface area contributed by atoms with E-state index in [2.05, 4.69) is 10.1 Å². The zero-order valence-electron chi connectivity index (χ0n) is 8.29. The molecule has 2 aromatic rings. The second-order valence-corrected chi connectivity index (χ2v) is 3.27. The van der Waals surface area contributed by atoms with Crippen LogP contribution in [0.15, 0.2) is 24.7 Å². The first kappa shape index (κ1) is 9.64. The SMILES string of the molecule is CCC(C(=O)O)c1nccn2nccc12. The zero-order valence-corrected chi connectivity index (χ0v) is 8.29. The van der Waals surface area contributed by atoms with Crippen molar-refractivity contribution in [3.63, 3.8) is 0 Å². The largest absolute Gasteiger partial charge is 0.481 e. The Morgan fingerprint density at radius 3 is 3.07 bits per heavy atom. The number of nitrogens with zero attached hydrogens (tertiary/aromatic N) is 3. The van der Waals surface area contributed by atoms with Crippen molar-refractivity contribution in [1.82, 2.24) is 14.6 Å². The molecule has 0 aliphatic heterocycles. The van der Waals surface area contributed by atoms with E-state index < -0.39 is 11.9 Å². The van der Waals surface area contributed by atoms with Gasteiger partial charge in [0.05, 0.1) is 17.4 Å². The number of fused-ring (bicyclic) bond motifs is 1. The van der Waals surface area contributed by atoms with Gasteiger partial charge < -0.3 is 5.11 Å². The summed E-state index contributed by atoms with van der Waals surface area (Å²) in [6, 6.07) is 1.77. The van der Waals surface area contributed by atoms with Crippen molar-refractivity contribution >= 4 is 11.5 Å². The van der Waals surface area contributed by atoms with E-state index in [9.17, 15) is 4.79 Å². The van der Waals surface area contributed by atoms with Gasteiger partial charge in [-0.2, -0.15) is 5.10 Å². The summed E-state index contributed by atoms with van der Waals surface area (Å²) in [4.78, 5) is 15.2. The van der Waals surface area contributed by atoms with E-state index in [4.69, 9.17) is 5.11 Å². The molecule has 1 atom stereocenters. The second kappa shape index (κ2) is 3.68. The average molecular weight is 205 g/mol. The first-order chi connectivity index (χ1) is 7.24. The van der Waals surface area contributed by atoms with Crippen molar-refractivity contribution in [2.45, 2.75) is 19.3 Å². The Kier molecular flexibility index (Phi) is 2.37. The molecule has 5 heteroatoms. The molecule has 0 amide bonds. The molecule has 0 bridgehead atoms. The summed E-state index contributed by atoms with van der Waals surface area (Å²) >= 11 is 0. The molecule has 0 radical (unpaired) electrons. The van der Waals surface area contributed by atoms with Crippen LogP contribution >= 0.6 is 0 Å². The van der Waals surface area contributed by atoms with Crippen molar-refractivity contribution in [2.24, 2.45) is 0 Å². The van der Waals surface area contributed by atoms with Crippen LogP contribution < -0.4 is 0 Å². The fourth-order valence-corrected chi connectivity index (χ4v) is 1.63. The van der Waals surface area contributed by atoms with Crippen LogP contribution in [0.3, 0.4) is 0 Å². The van der Waals surface area contributed by atoms with Crippen LogP contribution in [0.25, 0.3) is 5.52 Å². The lowest BCUT2D eigenvalue weighted by atomic mass is 10.0. The molecule has 0 spiro atoms. The summed E-state index contributed by atoms with van der Waals surface area (Å²) in [7, 11) is 0. The monoisotopic (exact) mass is 205 g/mol. The minimum Gasteiger partial charge on any atom is -0.481 e. The molecule has 5 nitrogen and oxygen atoms in total. The van der Waals surface area contributed by atoms with Crippen LogP contribution in [0.1, 0.15) is 25.0 Å². The third-order valence-corrected chi connectivity index (χ3v) is 2.39. The average Bonchev–Trinajstić information content (AvgIpc) is 2.66. The molecule has 2 heterocycles. The molecule has 1 unspecified atom stereocenters. The van der Waals surface area contributed by atoms with Crippen molar-refractivity contribution in [2.75, 3.05) is 0 Å². The minimum atomic E-state index is -0.848. The molecule has 1 N–H and O–H groups in total. The number of aliphatic carboxylic acids is 1. The number of carboxylic acids is 1. The third kappa shape index (κ3) is 1.56. The van der Waals surface area contributed by atoms with Crippen LogP contribution in [0.2, 0.25) is 0 Å². The van der Waals surface area contributed by atoms with Crippen molar-refractivity contribution in [3.8, 4) is 0 Å². The molecule has 0 aliphatic rings. The van der Waals surface area contributed by atoms with Gasteiger partial charge in [-0.05, 0) is 12.5 Å². The zero-order chi connectivity index (χ0) is 10.8. The summed E-state index contributed by atoms with van der Waals surface area (Å²) in [5.74, 6) is -1.41. The number of carboxylic acid groups (broad SMARTS) is 1. The van der Waals surface area contributed by atoms with E-state index in [1.54, 1.807) is 29.2 Å². The minimum absolute atomic E-state index is 0.521. The highest BCUT2D eigenvalue weighted by Gasteiger charge is 2.21. The third-order valence-electron chi connectivity index (χ3n) is 2.39. The van der Waals surface area contributed by atoms with Gasteiger partial charge in [-0.1, -0.05) is 6.92 Å². The number of rotatable bonds is 3. The molecular weight excluding hydrogens is 194 g/mol. The summed E-state index contributed by atoms with van der Waals surface area (Å²) < 4.78 is 1.63. The van der Waals surface area contributed by atoms with Crippen LogP contribution in [-0.4, -0.2) is 25.7 Å². The summed E-state index contributed by atoms with van der Waals surface area (Å²) in [6.07, 6.45) is 5.43. The highest BCUT2D eigenvalue weighted by molar-refractivity contribution is 5.78. The van der Waals surface area contributed by atoms with Crippen LogP contribution in [0.5, 0.6) is 0 Å². The number of hydrogen-bond acceptors (Lipinski definition) is 3. The Morgan fingerprint density at radius 1 is 1.60 bits per heavy atom. The van der Waals surface area contributed by atoms with E-state index in [1.807, 2.05) is 6.92 Å². The molecule has 78 valence electrons. The van der Waals surface area contributed by atoms with Crippen molar-refractivity contribution in [1.29, 1.82) is 0 Å². The lowest BCUT2D eigenvalue weighted by Gasteiger charge is -2.09. The van der Waals surface area contributed by atoms with E-state index in [-0.39, 0.29) is 0 Å². The predicted molar refractivity (Wildman–Crippen MR) is 53.7 cm³/mol. The lowest BCUT2D eigenvalue weighted by molar-refractivity contribution is -0.138. The van der Waals surface area contributed by atoms with Gasteiger partial charge in [-0.3, -0.25) is 9.78 Å². The Hall–Kier alpha value is -1.91. The van der Waals surface area contributed by atoms with Gasteiger partial charge in [0.25, 0.3) is 0 Å². The summed E-state index contributed by atoms with van der Waals surface area (Å²) in [6.45, 7) is 1.83. The van der Waals surface area contributed by atoms with Crippen LogP contribution in [0.4, 0.5) is 0 Å². The maximum absolute atomic E-state index is 11.0.